The Morgan fingerprint density at radius 3 is 2.50 bits per heavy atom. The summed E-state index contributed by atoms with van der Waals surface area (Å²) in [4.78, 5) is 10.9. The molecule has 0 radical (unpaired) electrons. The van der Waals surface area contributed by atoms with E-state index in [1.807, 2.05) is 0 Å². The second-order valence-corrected chi connectivity index (χ2v) is 3.03. The van der Waals surface area contributed by atoms with Crippen LogP contribution in [0.5, 0.6) is 0 Å². The summed E-state index contributed by atoms with van der Waals surface area (Å²) in [5.74, 6) is -0.596. The highest BCUT2D eigenvalue weighted by atomic mass is 16.5. The number of carbonyl (C=O) groups is 1. The van der Waals surface area contributed by atoms with Crippen molar-refractivity contribution < 1.29 is 10.0 Å². The molecule has 6 N–H and O–H groups in total. The van der Waals surface area contributed by atoms with E-state index in [1.54, 1.807) is 24.3 Å². The summed E-state index contributed by atoms with van der Waals surface area (Å²) in [5, 5.41) is 8.33. The molecule has 0 saturated carbocycles. The molecule has 1 amide bonds. The predicted molar refractivity (Wildman–Crippen MR) is 52.5 cm³/mol. The summed E-state index contributed by atoms with van der Waals surface area (Å²) < 4.78 is 0. The normalized spacial score (nSPS) is 12.1. The van der Waals surface area contributed by atoms with Crippen molar-refractivity contribution in [2.24, 2.45) is 5.73 Å². The molecule has 0 bridgehead atoms. The summed E-state index contributed by atoms with van der Waals surface area (Å²) >= 11 is 0. The highest BCUT2D eigenvalue weighted by molar-refractivity contribution is 5.80. The molecule has 1 aromatic rings. The van der Waals surface area contributed by atoms with Crippen molar-refractivity contribution in [3.05, 3.63) is 29.8 Å². The lowest BCUT2D eigenvalue weighted by atomic mass is 10.1. The molecule has 0 fully saturated rings. The van der Waals surface area contributed by atoms with Gasteiger partial charge in [0.05, 0.1) is 6.04 Å². The number of hydroxylamine groups is 1. The number of hydrogen-bond donors (Lipinski definition) is 4. The van der Waals surface area contributed by atoms with E-state index in [2.05, 4.69) is 0 Å². The molecule has 5 heteroatoms. The fraction of sp³-hybridized carbons (Fsp3) is 0.222. The van der Waals surface area contributed by atoms with Crippen LogP contribution in [0.25, 0.3) is 0 Å². The molecule has 0 aliphatic heterocycles. The standard InChI is InChI=1S/C9H13N3O2/c10-7-3-1-6(2-4-7)5-8(11)9(13)12-14/h1-4,8,14H,5,10-11H2,(H,12,13). The second-order valence-electron chi connectivity index (χ2n) is 3.03. The maximum atomic E-state index is 10.9. The largest absolute Gasteiger partial charge is 0.399 e. The third kappa shape index (κ3) is 2.72. The van der Waals surface area contributed by atoms with Crippen LogP contribution >= 0.6 is 0 Å². The summed E-state index contributed by atoms with van der Waals surface area (Å²) in [6, 6.07) is 6.31. The van der Waals surface area contributed by atoms with Crippen LogP contribution in [0.2, 0.25) is 0 Å². The van der Waals surface area contributed by atoms with Gasteiger partial charge in [-0.25, -0.2) is 5.48 Å². The molecular weight excluding hydrogens is 182 g/mol. The van der Waals surface area contributed by atoms with Crippen LogP contribution in [0.15, 0.2) is 24.3 Å². The average molecular weight is 195 g/mol. The number of anilines is 1. The number of nitrogen functional groups attached to an aromatic ring is 1. The lowest BCUT2D eigenvalue weighted by molar-refractivity contribution is -0.130. The van der Waals surface area contributed by atoms with Crippen LogP contribution in [0.3, 0.4) is 0 Å². The molecule has 1 aromatic carbocycles. The maximum Gasteiger partial charge on any atom is 0.260 e. The van der Waals surface area contributed by atoms with E-state index >= 15 is 0 Å². The summed E-state index contributed by atoms with van der Waals surface area (Å²) in [7, 11) is 0. The average Bonchev–Trinajstić information content (AvgIpc) is 2.20. The summed E-state index contributed by atoms with van der Waals surface area (Å²) in [6.45, 7) is 0. The van der Waals surface area contributed by atoms with Gasteiger partial charge in [0.2, 0.25) is 0 Å². The molecule has 1 rings (SSSR count). The quantitative estimate of drug-likeness (QED) is 0.300. The first-order valence-corrected chi connectivity index (χ1v) is 4.17. The minimum absolute atomic E-state index is 0.368. The van der Waals surface area contributed by atoms with Gasteiger partial charge in [-0.3, -0.25) is 10.0 Å². The van der Waals surface area contributed by atoms with Crippen LogP contribution in [0.1, 0.15) is 5.56 Å². The zero-order valence-electron chi connectivity index (χ0n) is 7.60. The molecule has 0 aliphatic carbocycles. The van der Waals surface area contributed by atoms with Gasteiger partial charge in [-0.2, -0.15) is 0 Å². The van der Waals surface area contributed by atoms with Gasteiger partial charge < -0.3 is 11.5 Å². The van der Waals surface area contributed by atoms with Crippen molar-refractivity contribution in [2.45, 2.75) is 12.5 Å². The van der Waals surface area contributed by atoms with Gasteiger partial charge in [-0.05, 0) is 24.1 Å². The van der Waals surface area contributed by atoms with E-state index < -0.39 is 11.9 Å². The Balaban J connectivity index is 2.60. The monoisotopic (exact) mass is 195 g/mol. The smallest absolute Gasteiger partial charge is 0.260 e. The molecule has 0 aliphatic rings. The van der Waals surface area contributed by atoms with Crippen LogP contribution < -0.4 is 16.9 Å². The van der Waals surface area contributed by atoms with Crippen LogP contribution in [0, 0.1) is 0 Å². The molecule has 5 nitrogen and oxygen atoms in total. The number of nitrogens with two attached hydrogens (primary N) is 2. The lowest BCUT2D eigenvalue weighted by Gasteiger charge is -2.08. The minimum atomic E-state index is -0.747. The molecule has 0 heterocycles. The number of carbonyl (C=O) groups excluding carboxylic acids is 1. The first-order chi connectivity index (χ1) is 6.63. The second kappa shape index (κ2) is 4.59. The fourth-order valence-corrected chi connectivity index (χ4v) is 1.08. The van der Waals surface area contributed by atoms with E-state index in [0.717, 1.165) is 5.56 Å². The van der Waals surface area contributed by atoms with Gasteiger partial charge in [0, 0.05) is 5.69 Å². The van der Waals surface area contributed by atoms with Gasteiger partial charge in [-0.1, -0.05) is 12.1 Å². The van der Waals surface area contributed by atoms with Crippen molar-refractivity contribution in [1.29, 1.82) is 0 Å². The molecule has 76 valence electrons. The van der Waals surface area contributed by atoms with Crippen molar-refractivity contribution in [1.82, 2.24) is 5.48 Å². The Bertz CT molecular complexity index is 310. The Morgan fingerprint density at radius 2 is 2.00 bits per heavy atom. The van der Waals surface area contributed by atoms with Crippen molar-refractivity contribution in [3.63, 3.8) is 0 Å². The van der Waals surface area contributed by atoms with Gasteiger partial charge >= 0.3 is 0 Å². The van der Waals surface area contributed by atoms with E-state index in [4.69, 9.17) is 16.7 Å². The summed E-state index contributed by atoms with van der Waals surface area (Å²) in [6.07, 6.45) is 0.368. The zero-order valence-corrected chi connectivity index (χ0v) is 7.60. The Kier molecular flexibility index (Phi) is 3.44. The zero-order chi connectivity index (χ0) is 10.6. The number of benzene rings is 1. The SMILES string of the molecule is Nc1ccc(CC(N)C(=O)NO)cc1. The molecule has 0 aromatic heterocycles. The number of rotatable bonds is 3. The highest BCUT2D eigenvalue weighted by Crippen LogP contribution is 2.07. The van der Waals surface area contributed by atoms with E-state index in [1.165, 1.54) is 5.48 Å². The van der Waals surface area contributed by atoms with Crippen LogP contribution in [0.4, 0.5) is 5.69 Å². The first kappa shape index (κ1) is 10.5. The third-order valence-corrected chi connectivity index (χ3v) is 1.88. The number of amides is 1. The molecular formula is C9H13N3O2. The molecule has 1 unspecified atom stereocenters. The highest BCUT2D eigenvalue weighted by Gasteiger charge is 2.12. The van der Waals surface area contributed by atoms with E-state index in [9.17, 15) is 4.79 Å². The molecule has 0 spiro atoms. The van der Waals surface area contributed by atoms with Gasteiger partial charge in [0.1, 0.15) is 0 Å². The van der Waals surface area contributed by atoms with Crippen molar-refractivity contribution in [2.75, 3.05) is 5.73 Å². The number of hydrogen-bond acceptors (Lipinski definition) is 4. The molecule has 14 heavy (non-hydrogen) atoms. The van der Waals surface area contributed by atoms with Crippen molar-refractivity contribution in [3.8, 4) is 0 Å². The summed E-state index contributed by atoms with van der Waals surface area (Å²) in [5.41, 5.74) is 14.1. The minimum Gasteiger partial charge on any atom is -0.399 e. The number of nitrogens with one attached hydrogen (secondary N) is 1. The molecule has 1 atom stereocenters. The maximum absolute atomic E-state index is 10.9. The Labute approximate surface area is 81.7 Å². The fourth-order valence-electron chi connectivity index (χ4n) is 1.08. The topological polar surface area (TPSA) is 101 Å². The third-order valence-electron chi connectivity index (χ3n) is 1.88. The van der Waals surface area contributed by atoms with Gasteiger partial charge in [0.15, 0.2) is 0 Å². The van der Waals surface area contributed by atoms with Gasteiger partial charge in [-0.15, -0.1) is 0 Å². The predicted octanol–water partition coefficient (Wildman–Crippen LogP) is -0.356. The molecule has 0 saturated heterocycles. The van der Waals surface area contributed by atoms with E-state index in [-0.39, 0.29) is 0 Å². The Morgan fingerprint density at radius 1 is 1.43 bits per heavy atom. The van der Waals surface area contributed by atoms with Crippen LogP contribution in [-0.4, -0.2) is 17.2 Å². The van der Waals surface area contributed by atoms with Crippen LogP contribution in [-0.2, 0) is 11.2 Å². The van der Waals surface area contributed by atoms with Crippen molar-refractivity contribution >= 4 is 11.6 Å². The Hall–Kier alpha value is -1.59. The first-order valence-electron chi connectivity index (χ1n) is 4.17. The van der Waals surface area contributed by atoms with E-state index in [0.29, 0.717) is 12.1 Å². The lowest BCUT2D eigenvalue weighted by Crippen LogP contribution is -2.40. The van der Waals surface area contributed by atoms with Gasteiger partial charge in [0.25, 0.3) is 5.91 Å².